The van der Waals surface area contributed by atoms with Gasteiger partial charge in [0.2, 0.25) is 5.91 Å². The van der Waals surface area contributed by atoms with Gasteiger partial charge in [-0.25, -0.2) is 4.98 Å². The zero-order valence-corrected chi connectivity index (χ0v) is 15.5. The maximum absolute atomic E-state index is 12.3. The summed E-state index contributed by atoms with van der Waals surface area (Å²) >= 11 is 0. The van der Waals surface area contributed by atoms with Crippen LogP contribution >= 0.6 is 0 Å². The van der Waals surface area contributed by atoms with Crippen LogP contribution in [0.15, 0.2) is 54.7 Å². The van der Waals surface area contributed by atoms with Crippen LogP contribution in [0.25, 0.3) is 0 Å². The maximum atomic E-state index is 12.3. The summed E-state index contributed by atoms with van der Waals surface area (Å²) in [6.07, 6.45) is 3.78. The predicted molar refractivity (Wildman–Crippen MR) is 105 cm³/mol. The van der Waals surface area contributed by atoms with E-state index in [1.807, 2.05) is 30.5 Å². The van der Waals surface area contributed by atoms with Crippen LogP contribution < -0.4 is 10.2 Å². The molecular formula is C21H28N4O. The monoisotopic (exact) mass is 352 g/mol. The molecule has 1 amide bonds. The molecule has 1 aliphatic heterocycles. The van der Waals surface area contributed by atoms with Crippen molar-refractivity contribution >= 4 is 11.7 Å². The van der Waals surface area contributed by atoms with E-state index in [2.05, 4.69) is 51.3 Å². The lowest BCUT2D eigenvalue weighted by molar-refractivity contribution is -0.122. The van der Waals surface area contributed by atoms with Crippen molar-refractivity contribution < 1.29 is 4.79 Å². The lowest BCUT2D eigenvalue weighted by Crippen LogP contribution is -2.50. The number of hydrogen-bond acceptors (Lipinski definition) is 4. The number of pyridine rings is 1. The molecule has 26 heavy (non-hydrogen) atoms. The number of nitrogens with one attached hydrogen (secondary N) is 1. The maximum Gasteiger partial charge on any atom is 0.234 e. The normalized spacial score (nSPS) is 16.3. The standard InChI is InChI=1S/C21H28N4O/c1-18(10-11-19-7-3-2-4-8-19)23-21(26)17-24-13-15-25(16-14-24)20-9-5-6-12-22-20/h2-9,12,18H,10-11,13-17H2,1H3,(H,23,26)/t18-/m1/s1. The summed E-state index contributed by atoms with van der Waals surface area (Å²) in [6, 6.07) is 16.6. The minimum absolute atomic E-state index is 0.122. The second-order valence-corrected chi connectivity index (χ2v) is 6.94. The first-order valence-electron chi connectivity index (χ1n) is 9.42. The molecule has 1 aromatic carbocycles. The lowest BCUT2D eigenvalue weighted by atomic mass is 10.1. The van der Waals surface area contributed by atoms with E-state index in [-0.39, 0.29) is 11.9 Å². The third kappa shape index (κ3) is 5.56. The molecule has 0 aliphatic carbocycles. The first kappa shape index (κ1) is 18.4. The van der Waals surface area contributed by atoms with Gasteiger partial charge in [0, 0.05) is 38.4 Å². The van der Waals surface area contributed by atoms with Crippen LogP contribution in [0.2, 0.25) is 0 Å². The Morgan fingerprint density at radius 3 is 2.50 bits per heavy atom. The molecule has 0 unspecified atom stereocenters. The zero-order valence-electron chi connectivity index (χ0n) is 15.5. The van der Waals surface area contributed by atoms with Crippen LogP contribution in [0.4, 0.5) is 5.82 Å². The molecular weight excluding hydrogens is 324 g/mol. The number of rotatable bonds is 7. The second-order valence-electron chi connectivity index (χ2n) is 6.94. The van der Waals surface area contributed by atoms with E-state index in [4.69, 9.17) is 0 Å². The van der Waals surface area contributed by atoms with E-state index < -0.39 is 0 Å². The number of anilines is 1. The summed E-state index contributed by atoms with van der Waals surface area (Å²) in [6.45, 7) is 6.16. The number of aryl methyl sites for hydroxylation is 1. The Bertz CT molecular complexity index is 669. The van der Waals surface area contributed by atoms with Gasteiger partial charge in [0.05, 0.1) is 6.54 Å². The smallest absolute Gasteiger partial charge is 0.234 e. The highest BCUT2D eigenvalue weighted by atomic mass is 16.2. The molecule has 0 spiro atoms. The van der Waals surface area contributed by atoms with E-state index in [9.17, 15) is 4.79 Å². The molecule has 5 heteroatoms. The fourth-order valence-electron chi connectivity index (χ4n) is 3.30. The summed E-state index contributed by atoms with van der Waals surface area (Å²) in [7, 11) is 0. The molecule has 2 aromatic rings. The number of hydrogen-bond donors (Lipinski definition) is 1. The topological polar surface area (TPSA) is 48.5 Å². The Balaban J connectivity index is 1.36. The molecule has 3 rings (SSSR count). The van der Waals surface area contributed by atoms with Crippen LogP contribution in [0.3, 0.4) is 0 Å². The van der Waals surface area contributed by atoms with Crippen molar-refractivity contribution in [2.24, 2.45) is 0 Å². The molecule has 0 radical (unpaired) electrons. The van der Waals surface area contributed by atoms with Gasteiger partial charge in [-0.2, -0.15) is 0 Å². The van der Waals surface area contributed by atoms with Crippen molar-refractivity contribution in [3.05, 3.63) is 60.3 Å². The molecule has 1 atom stereocenters. The fraction of sp³-hybridized carbons (Fsp3) is 0.429. The highest BCUT2D eigenvalue weighted by Gasteiger charge is 2.20. The number of amides is 1. The summed E-state index contributed by atoms with van der Waals surface area (Å²) in [5, 5.41) is 3.13. The average molecular weight is 352 g/mol. The van der Waals surface area contributed by atoms with Gasteiger partial charge in [-0.15, -0.1) is 0 Å². The molecule has 5 nitrogen and oxygen atoms in total. The van der Waals surface area contributed by atoms with Crippen molar-refractivity contribution in [2.45, 2.75) is 25.8 Å². The Morgan fingerprint density at radius 1 is 1.08 bits per heavy atom. The summed E-state index contributed by atoms with van der Waals surface area (Å²) in [4.78, 5) is 21.2. The number of carbonyl (C=O) groups excluding carboxylic acids is 1. The van der Waals surface area contributed by atoms with Crippen molar-refractivity contribution in [1.82, 2.24) is 15.2 Å². The van der Waals surface area contributed by atoms with Crippen LogP contribution in [0, 0.1) is 0 Å². The molecule has 1 saturated heterocycles. The van der Waals surface area contributed by atoms with Crippen LogP contribution in [-0.2, 0) is 11.2 Å². The minimum Gasteiger partial charge on any atom is -0.354 e. The summed E-state index contributed by atoms with van der Waals surface area (Å²) in [5.74, 6) is 1.14. The Labute approximate surface area is 156 Å². The van der Waals surface area contributed by atoms with E-state index in [0.29, 0.717) is 6.54 Å². The SMILES string of the molecule is C[C@H](CCc1ccccc1)NC(=O)CN1CCN(c2ccccn2)CC1. The van der Waals surface area contributed by atoms with Gasteiger partial charge in [0.1, 0.15) is 5.82 Å². The third-order valence-corrected chi connectivity index (χ3v) is 4.83. The van der Waals surface area contributed by atoms with E-state index in [1.165, 1.54) is 5.56 Å². The van der Waals surface area contributed by atoms with Crippen molar-refractivity contribution in [1.29, 1.82) is 0 Å². The van der Waals surface area contributed by atoms with Crippen molar-refractivity contribution in [3.8, 4) is 0 Å². The predicted octanol–water partition coefficient (Wildman–Crippen LogP) is 2.34. The van der Waals surface area contributed by atoms with Gasteiger partial charge in [0.25, 0.3) is 0 Å². The Morgan fingerprint density at radius 2 is 1.81 bits per heavy atom. The average Bonchev–Trinajstić information content (AvgIpc) is 2.68. The lowest BCUT2D eigenvalue weighted by Gasteiger charge is -2.35. The van der Waals surface area contributed by atoms with Gasteiger partial charge in [-0.05, 0) is 37.5 Å². The quantitative estimate of drug-likeness (QED) is 0.831. The molecule has 1 aliphatic rings. The summed E-state index contributed by atoms with van der Waals surface area (Å²) in [5.41, 5.74) is 1.32. The minimum atomic E-state index is 0.122. The Kier molecular flexibility index (Phi) is 6.61. The van der Waals surface area contributed by atoms with Gasteiger partial charge in [-0.3, -0.25) is 9.69 Å². The third-order valence-electron chi connectivity index (χ3n) is 4.83. The molecule has 0 saturated carbocycles. The zero-order chi connectivity index (χ0) is 18.2. The molecule has 1 N–H and O–H groups in total. The van der Waals surface area contributed by atoms with Gasteiger partial charge in [0.15, 0.2) is 0 Å². The first-order valence-corrected chi connectivity index (χ1v) is 9.42. The number of piperazine rings is 1. The molecule has 0 bridgehead atoms. The van der Waals surface area contributed by atoms with Crippen LogP contribution in [0.5, 0.6) is 0 Å². The summed E-state index contributed by atoms with van der Waals surface area (Å²) < 4.78 is 0. The van der Waals surface area contributed by atoms with Crippen molar-refractivity contribution in [2.75, 3.05) is 37.6 Å². The first-order chi connectivity index (χ1) is 12.7. The van der Waals surface area contributed by atoms with Gasteiger partial charge in [-0.1, -0.05) is 36.4 Å². The molecule has 2 heterocycles. The van der Waals surface area contributed by atoms with Gasteiger partial charge < -0.3 is 10.2 Å². The van der Waals surface area contributed by atoms with Crippen LogP contribution in [0.1, 0.15) is 18.9 Å². The molecule has 1 aromatic heterocycles. The second kappa shape index (κ2) is 9.34. The highest BCUT2D eigenvalue weighted by molar-refractivity contribution is 5.78. The van der Waals surface area contributed by atoms with E-state index >= 15 is 0 Å². The number of aromatic nitrogens is 1. The van der Waals surface area contributed by atoms with Crippen molar-refractivity contribution in [3.63, 3.8) is 0 Å². The van der Waals surface area contributed by atoms with E-state index in [1.54, 1.807) is 0 Å². The molecule has 138 valence electrons. The highest BCUT2D eigenvalue weighted by Crippen LogP contribution is 2.12. The Hall–Kier alpha value is -2.40. The van der Waals surface area contributed by atoms with Gasteiger partial charge >= 0.3 is 0 Å². The number of nitrogens with zero attached hydrogens (tertiary/aromatic N) is 3. The number of benzene rings is 1. The van der Waals surface area contributed by atoms with Crippen LogP contribution in [-0.4, -0.2) is 54.6 Å². The fourth-order valence-corrected chi connectivity index (χ4v) is 3.30. The number of carbonyl (C=O) groups is 1. The largest absolute Gasteiger partial charge is 0.354 e. The van der Waals surface area contributed by atoms with E-state index in [0.717, 1.165) is 44.8 Å². The molecule has 1 fully saturated rings.